The first-order valence-corrected chi connectivity index (χ1v) is 5.28. The van der Waals surface area contributed by atoms with Crippen molar-refractivity contribution in [1.29, 1.82) is 0 Å². The van der Waals surface area contributed by atoms with Gasteiger partial charge in [0.15, 0.2) is 5.82 Å². The van der Waals surface area contributed by atoms with Gasteiger partial charge in [0, 0.05) is 12.4 Å². The molecule has 0 aliphatic rings. The molecule has 0 saturated carbocycles. The molecule has 60 valence electrons. The van der Waals surface area contributed by atoms with E-state index in [2.05, 4.69) is 38.6 Å². The minimum atomic E-state index is 0.811. The monoisotopic (exact) mass is 288 g/mol. The van der Waals surface area contributed by atoms with Crippen molar-refractivity contribution in [1.82, 2.24) is 9.97 Å². The second-order valence-electron chi connectivity index (χ2n) is 2.18. The Bertz CT molecular complexity index is 372. The maximum absolute atomic E-state index is 4.16. The fourth-order valence-electron chi connectivity index (χ4n) is 0.861. The lowest BCUT2D eigenvalue weighted by atomic mass is 10.4. The molecule has 0 bridgehead atoms. The number of hydrogen-bond donors (Lipinski definition) is 0. The summed E-state index contributed by atoms with van der Waals surface area (Å²) in [5.74, 6) is 0.811. The van der Waals surface area contributed by atoms with Crippen molar-refractivity contribution in [3.8, 4) is 10.7 Å². The van der Waals surface area contributed by atoms with E-state index in [4.69, 9.17) is 0 Å². The van der Waals surface area contributed by atoms with E-state index in [0.29, 0.717) is 0 Å². The molecule has 2 rings (SSSR count). The summed E-state index contributed by atoms with van der Waals surface area (Å²) in [6.45, 7) is 0. The third-order valence-electron chi connectivity index (χ3n) is 1.36. The quantitative estimate of drug-likeness (QED) is 0.754. The van der Waals surface area contributed by atoms with Crippen LogP contribution in [0.3, 0.4) is 0 Å². The van der Waals surface area contributed by atoms with Crippen LogP contribution < -0.4 is 0 Å². The number of halogens is 1. The molecule has 0 atom stereocenters. The van der Waals surface area contributed by atoms with Crippen LogP contribution in [0.5, 0.6) is 0 Å². The van der Waals surface area contributed by atoms with Crippen LogP contribution in [0.1, 0.15) is 0 Å². The minimum absolute atomic E-state index is 0.811. The van der Waals surface area contributed by atoms with Crippen molar-refractivity contribution in [3.05, 3.63) is 33.5 Å². The Morgan fingerprint density at radius 3 is 2.50 bits per heavy atom. The van der Waals surface area contributed by atoms with Crippen molar-refractivity contribution in [2.75, 3.05) is 0 Å². The van der Waals surface area contributed by atoms with Crippen molar-refractivity contribution in [2.45, 2.75) is 0 Å². The van der Waals surface area contributed by atoms with Gasteiger partial charge in [-0.15, -0.1) is 11.3 Å². The molecular weight excluding hydrogens is 283 g/mol. The Hall–Kier alpha value is -0.490. The molecule has 2 aromatic rings. The van der Waals surface area contributed by atoms with Crippen LogP contribution in [0.15, 0.2) is 30.6 Å². The van der Waals surface area contributed by atoms with Gasteiger partial charge < -0.3 is 0 Å². The van der Waals surface area contributed by atoms with Gasteiger partial charge in [-0.3, -0.25) is 0 Å². The van der Waals surface area contributed by atoms with Gasteiger partial charge in [0.05, 0.1) is 7.76 Å². The second kappa shape index (κ2) is 3.49. The lowest BCUT2D eigenvalue weighted by molar-refractivity contribution is 1.19. The molecular formula is C8H5IN2S. The number of rotatable bonds is 1. The first-order valence-electron chi connectivity index (χ1n) is 3.39. The lowest BCUT2D eigenvalue weighted by Gasteiger charge is -1.91. The van der Waals surface area contributed by atoms with E-state index in [0.717, 1.165) is 10.7 Å². The number of nitrogens with zero attached hydrogens (tertiary/aromatic N) is 2. The molecule has 4 heteroatoms. The summed E-state index contributed by atoms with van der Waals surface area (Å²) in [6.07, 6.45) is 3.52. The van der Waals surface area contributed by atoms with Crippen LogP contribution >= 0.6 is 33.9 Å². The van der Waals surface area contributed by atoms with Crippen LogP contribution in [-0.2, 0) is 0 Å². The Kier molecular flexibility index (Phi) is 2.36. The van der Waals surface area contributed by atoms with Crippen LogP contribution in [0.4, 0.5) is 0 Å². The highest BCUT2D eigenvalue weighted by atomic mass is 127. The molecule has 2 nitrogen and oxygen atoms in total. The van der Waals surface area contributed by atoms with E-state index >= 15 is 0 Å². The SMILES string of the molecule is Ic1ccc(-c2ncccn2)s1. The first kappa shape index (κ1) is 8.12. The summed E-state index contributed by atoms with van der Waals surface area (Å²) in [5, 5.41) is 0. The lowest BCUT2D eigenvalue weighted by Crippen LogP contribution is -1.81. The van der Waals surface area contributed by atoms with Crippen LogP contribution in [0.2, 0.25) is 0 Å². The molecule has 0 spiro atoms. The highest BCUT2D eigenvalue weighted by molar-refractivity contribution is 14.1. The highest BCUT2D eigenvalue weighted by Gasteiger charge is 2.01. The van der Waals surface area contributed by atoms with E-state index in [1.165, 1.54) is 2.88 Å². The molecule has 0 radical (unpaired) electrons. The van der Waals surface area contributed by atoms with E-state index < -0.39 is 0 Å². The Balaban J connectivity index is 2.45. The van der Waals surface area contributed by atoms with Crippen molar-refractivity contribution in [3.63, 3.8) is 0 Å². The average molecular weight is 288 g/mol. The van der Waals surface area contributed by atoms with Crippen molar-refractivity contribution < 1.29 is 0 Å². The third kappa shape index (κ3) is 1.64. The molecule has 0 aliphatic carbocycles. The maximum Gasteiger partial charge on any atom is 0.169 e. The minimum Gasteiger partial charge on any atom is -0.236 e. The summed E-state index contributed by atoms with van der Waals surface area (Å²) < 4.78 is 1.26. The molecule has 0 N–H and O–H groups in total. The van der Waals surface area contributed by atoms with Crippen LogP contribution in [-0.4, -0.2) is 9.97 Å². The molecule has 0 amide bonds. The molecule has 0 aromatic carbocycles. The van der Waals surface area contributed by atoms with Gasteiger partial charge >= 0.3 is 0 Å². The number of aromatic nitrogens is 2. The summed E-state index contributed by atoms with van der Waals surface area (Å²) >= 11 is 3.99. The van der Waals surface area contributed by atoms with E-state index in [1.807, 2.05) is 12.1 Å². The normalized spacial score (nSPS) is 10.1. The Morgan fingerprint density at radius 2 is 1.92 bits per heavy atom. The second-order valence-corrected chi connectivity index (χ2v) is 5.15. The van der Waals surface area contributed by atoms with E-state index in [1.54, 1.807) is 23.7 Å². The summed E-state index contributed by atoms with van der Waals surface area (Å²) in [4.78, 5) is 9.44. The number of thiophene rings is 1. The van der Waals surface area contributed by atoms with Gasteiger partial charge in [0.2, 0.25) is 0 Å². The molecule has 12 heavy (non-hydrogen) atoms. The predicted octanol–water partition coefficient (Wildman–Crippen LogP) is 2.81. The Morgan fingerprint density at radius 1 is 1.17 bits per heavy atom. The standard InChI is InChI=1S/C8H5IN2S/c9-7-3-2-6(12-7)8-10-4-1-5-11-8/h1-5H. The van der Waals surface area contributed by atoms with Gasteiger partial charge in [-0.1, -0.05) is 0 Å². The fraction of sp³-hybridized carbons (Fsp3) is 0. The van der Waals surface area contributed by atoms with E-state index in [-0.39, 0.29) is 0 Å². The van der Waals surface area contributed by atoms with Crippen molar-refractivity contribution >= 4 is 33.9 Å². The predicted molar refractivity (Wildman–Crippen MR) is 58.1 cm³/mol. The molecule has 0 saturated heterocycles. The van der Waals surface area contributed by atoms with Gasteiger partial charge in [0.25, 0.3) is 0 Å². The zero-order chi connectivity index (χ0) is 8.39. The molecule has 2 aromatic heterocycles. The molecule has 0 aliphatic heterocycles. The molecule has 0 unspecified atom stereocenters. The van der Waals surface area contributed by atoms with Gasteiger partial charge in [0.1, 0.15) is 0 Å². The summed E-state index contributed by atoms with van der Waals surface area (Å²) in [6, 6.07) is 5.93. The number of hydrogen-bond acceptors (Lipinski definition) is 3. The topological polar surface area (TPSA) is 25.8 Å². The fourth-order valence-corrected chi connectivity index (χ4v) is 2.43. The summed E-state index contributed by atoms with van der Waals surface area (Å²) in [5.41, 5.74) is 0. The largest absolute Gasteiger partial charge is 0.236 e. The van der Waals surface area contributed by atoms with Crippen molar-refractivity contribution in [2.24, 2.45) is 0 Å². The third-order valence-corrected chi connectivity index (χ3v) is 3.25. The first-order chi connectivity index (χ1) is 5.86. The maximum atomic E-state index is 4.16. The van der Waals surface area contributed by atoms with Gasteiger partial charge in [-0.2, -0.15) is 0 Å². The molecule has 2 heterocycles. The zero-order valence-electron chi connectivity index (χ0n) is 6.07. The van der Waals surface area contributed by atoms with Crippen LogP contribution in [0, 0.1) is 2.88 Å². The Labute approximate surface area is 87.8 Å². The zero-order valence-corrected chi connectivity index (χ0v) is 9.04. The smallest absolute Gasteiger partial charge is 0.169 e. The highest BCUT2D eigenvalue weighted by Crippen LogP contribution is 2.25. The summed E-state index contributed by atoms with van der Waals surface area (Å²) in [7, 11) is 0. The molecule has 0 fully saturated rings. The van der Waals surface area contributed by atoms with Gasteiger partial charge in [-0.05, 0) is 40.8 Å². The average Bonchev–Trinajstić information content (AvgIpc) is 2.54. The van der Waals surface area contributed by atoms with Gasteiger partial charge in [-0.25, -0.2) is 9.97 Å². The van der Waals surface area contributed by atoms with Crippen LogP contribution in [0.25, 0.3) is 10.7 Å². The van der Waals surface area contributed by atoms with E-state index in [9.17, 15) is 0 Å².